The number of anilines is 1. The minimum Gasteiger partial charge on any atom is -0.366 e. The standard InChI is InChI=1S/C15H16ClN5O2/c16-14-7-11(3-5-17-14)9-20-6-4-12(10-20)19-15-2-1-13(8-18-15)21(22)23/h1-3,5,7-8,12H,4,6,9-10H2,(H,18,19)/t12-/m1/s1. The molecule has 0 aromatic carbocycles. The lowest BCUT2D eigenvalue weighted by atomic mass is 10.2. The van der Waals surface area contributed by atoms with E-state index in [9.17, 15) is 10.1 Å². The summed E-state index contributed by atoms with van der Waals surface area (Å²) in [5, 5.41) is 14.4. The molecule has 3 heterocycles. The van der Waals surface area contributed by atoms with Crippen molar-refractivity contribution in [1.29, 1.82) is 0 Å². The molecule has 0 saturated carbocycles. The fourth-order valence-corrected chi connectivity index (χ4v) is 2.88. The number of hydrogen-bond acceptors (Lipinski definition) is 6. The fraction of sp³-hybridized carbons (Fsp3) is 0.333. The highest BCUT2D eigenvalue weighted by atomic mass is 35.5. The minimum absolute atomic E-state index is 0.00170. The molecule has 23 heavy (non-hydrogen) atoms. The van der Waals surface area contributed by atoms with Gasteiger partial charge in [-0.15, -0.1) is 0 Å². The molecule has 0 radical (unpaired) electrons. The number of halogens is 1. The van der Waals surface area contributed by atoms with Crippen LogP contribution in [0, 0.1) is 10.1 Å². The van der Waals surface area contributed by atoms with Gasteiger partial charge in [0.05, 0.1) is 4.92 Å². The topological polar surface area (TPSA) is 84.2 Å². The zero-order valence-electron chi connectivity index (χ0n) is 12.4. The third-order valence-electron chi connectivity index (χ3n) is 3.78. The van der Waals surface area contributed by atoms with Gasteiger partial charge in [-0.2, -0.15) is 0 Å². The largest absolute Gasteiger partial charge is 0.366 e. The first kappa shape index (κ1) is 15.6. The van der Waals surface area contributed by atoms with Crippen LogP contribution in [0.3, 0.4) is 0 Å². The summed E-state index contributed by atoms with van der Waals surface area (Å²) in [5.41, 5.74) is 1.14. The monoisotopic (exact) mass is 333 g/mol. The molecule has 1 aliphatic rings. The highest BCUT2D eigenvalue weighted by Crippen LogP contribution is 2.19. The van der Waals surface area contributed by atoms with Gasteiger partial charge in [-0.25, -0.2) is 9.97 Å². The van der Waals surface area contributed by atoms with Crippen molar-refractivity contribution in [2.45, 2.75) is 19.0 Å². The van der Waals surface area contributed by atoms with Gasteiger partial charge in [0.2, 0.25) is 0 Å². The molecule has 1 aliphatic heterocycles. The van der Waals surface area contributed by atoms with E-state index in [1.165, 1.54) is 12.3 Å². The van der Waals surface area contributed by atoms with Crippen molar-refractivity contribution in [2.24, 2.45) is 0 Å². The number of rotatable bonds is 5. The smallest absolute Gasteiger partial charge is 0.287 e. The zero-order chi connectivity index (χ0) is 16.2. The number of aromatic nitrogens is 2. The SMILES string of the molecule is O=[N+]([O-])c1ccc(N[C@@H]2CCN(Cc3ccnc(Cl)c3)C2)nc1. The Labute approximate surface area is 138 Å². The van der Waals surface area contributed by atoms with E-state index in [1.54, 1.807) is 12.3 Å². The maximum absolute atomic E-state index is 10.6. The van der Waals surface area contributed by atoms with E-state index in [1.807, 2.05) is 12.1 Å². The lowest BCUT2D eigenvalue weighted by Gasteiger charge is -2.17. The number of pyridine rings is 2. The van der Waals surface area contributed by atoms with Crippen LogP contribution in [-0.2, 0) is 6.54 Å². The first-order chi connectivity index (χ1) is 11.1. The van der Waals surface area contributed by atoms with Crippen LogP contribution in [0.25, 0.3) is 0 Å². The van der Waals surface area contributed by atoms with Crippen LogP contribution in [-0.4, -0.2) is 38.9 Å². The lowest BCUT2D eigenvalue weighted by molar-refractivity contribution is -0.385. The van der Waals surface area contributed by atoms with E-state index in [0.29, 0.717) is 11.0 Å². The normalized spacial score (nSPS) is 18.0. The Morgan fingerprint density at radius 3 is 2.96 bits per heavy atom. The molecule has 3 rings (SSSR count). The van der Waals surface area contributed by atoms with Crippen LogP contribution >= 0.6 is 11.6 Å². The summed E-state index contributed by atoms with van der Waals surface area (Å²) in [4.78, 5) is 20.6. The van der Waals surface area contributed by atoms with E-state index in [-0.39, 0.29) is 11.7 Å². The summed E-state index contributed by atoms with van der Waals surface area (Å²) < 4.78 is 0. The Morgan fingerprint density at radius 1 is 1.39 bits per heavy atom. The second-order valence-corrected chi connectivity index (χ2v) is 5.90. The average molecular weight is 334 g/mol. The van der Waals surface area contributed by atoms with Gasteiger partial charge in [-0.05, 0) is 30.2 Å². The fourth-order valence-electron chi connectivity index (χ4n) is 2.68. The second kappa shape index (κ2) is 6.89. The Hall–Kier alpha value is -2.25. The third kappa shape index (κ3) is 4.14. The van der Waals surface area contributed by atoms with E-state index in [0.717, 1.165) is 31.6 Å². The van der Waals surface area contributed by atoms with Crippen LogP contribution in [0.4, 0.5) is 11.5 Å². The Bertz CT molecular complexity index is 695. The molecule has 7 nitrogen and oxygen atoms in total. The summed E-state index contributed by atoms with van der Waals surface area (Å²) in [7, 11) is 0. The molecule has 0 bridgehead atoms. The van der Waals surface area contributed by atoms with Crippen LogP contribution in [0.2, 0.25) is 5.15 Å². The van der Waals surface area contributed by atoms with Crippen LogP contribution in [0.5, 0.6) is 0 Å². The van der Waals surface area contributed by atoms with Gasteiger partial charge in [0.1, 0.15) is 17.2 Å². The van der Waals surface area contributed by atoms with Gasteiger partial charge in [0.15, 0.2) is 0 Å². The lowest BCUT2D eigenvalue weighted by Crippen LogP contribution is -2.26. The molecule has 8 heteroatoms. The maximum Gasteiger partial charge on any atom is 0.287 e. The Balaban J connectivity index is 1.54. The molecule has 0 amide bonds. The molecule has 1 atom stereocenters. The van der Waals surface area contributed by atoms with Crippen molar-refractivity contribution >= 4 is 23.1 Å². The summed E-state index contributed by atoms with van der Waals surface area (Å²) in [5.74, 6) is 0.661. The molecule has 1 N–H and O–H groups in total. The van der Waals surface area contributed by atoms with Crippen LogP contribution in [0.15, 0.2) is 36.7 Å². The first-order valence-corrected chi connectivity index (χ1v) is 7.68. The molecule has 2 aromatic rings. The van der Waals surface area contributed by atoms with Gasteiger partial charge < -0.3 is 5.32 Å². The highest BCUT2D eigenvalue weighted by Gasteiger charge is 2.22. The zero-order valence-corrected chi connectivity index (χ0v) is 13.1. The molecule has 0 aliphatic carbocycles. The average Bonchev–Trinajstić information content (AvgIpc) is 2.95. The quantitative estimate of drug-likeness (QED) is 0.514. The molecule has 2 aromatic heterocycles. The predicted octanol–water partition coefficient (Wildman–Crippen LogP) is 2.72. The van der Waals surface area contributed by atoms with E-state index in [4.69, 9.17) is 11.6 Å². The van der Waals surface area contributed by atoms with Gasteiger partial charge >= 0.3 is 0 Å². The van der Waals surface area contributed by atoms with E-state index >= 15 is 0 Å². The Kier molecular flexibility index (Phi) is 4.68. The van der Waals surface area contributed by atoms with Crippen molar-refractivity contribution in [1.82, 2.24) is 14.9 Å². The van der Waals surface area contributed by atoms with Crippen molar-refractivity contribution in [3.05, 3.63) is 57.5 Å². The highest BCUT2D eigenvalue weighted by molar-refractivity contribution is 6.29. The number of likely N-dealkylation sites (tertiary alicyclic amines) is 1. The molecule has 1 fully saturated rings. The van der Waals surface area contributed by atoms with Crippen LogP contribution < -0.4 is 5.32 Å². The summed E-state index contributed by atoms with van der Waals surface area (Å²) in [6, 6.07) is 7.22. The molecular weight excluding hydrogens is 318 g/mol. The molecular formula is C15H16ClN5O2. The minimum atomic E-state index is -0.450. The maximum atomic E-state index is 10.6. The van der Waals surface area contributed by atoms with E-state index in [2.05, 4.69) is 20.2 Å². The number of hydrogen-bond donors (Lipinski definition) is 1. The second-order valence-electron chi connectivity index (χ2n) is 5.51. The van der Waals surface area contributed by atoms with Crippen molar-refractivity contribution in [3.8, 4) is 0 Å². The first-order valence-electron chi connectivity index (χ1n) is 7.30. The number of nitrogens with one attached hydrogen (secondary N) is 1. The van der Waals surface area contributed by atoms with E-state index < -0.39 is 4.92 Å². The number of nitrogens with zero attached hydrogens (tertiary/aromatic N) is 4. The summed E-state index contributed by atoms with van der Waals surface area (Å²) in [6.07, 6.45) is 3.98. The van der Waals surface area contributed by atoms with Gasteiger partial charge in [0.25, 0.3) is 5.69 Å². The number of nitro groups is 1. The predicted molar refractivity (Wildman–Crippen MR) is 87.4 cm³/mol. The Morgan fingerprint density at radius 2 is 2.26 bits per heavy atom. The van der Waals surface area contributed by atoms with Crippen molar-refractivity contribution < 1.29 is 4.92 Å². The van der Waals surface area contributed by atoms with Crippen molar-refractivity contribution in [3.63, 3.8) is 0 Å². The third-order valence-corrected chi connectivity index (χ3v) is 3.99. The van der Waals surface area contributed by atoms with Crippen LogP contribution in [0.1, 0.15) is 12.0 Å². The van der Waals surface area contributed by atoms with Gasteiger partial charge in [0, 0.05) is 37.9 Å². The molecule has 120 valence electrons. The van der Waals surface area contributed by atoms with Crippen molar-refractivity contribution in [2.75, 3.05) is 18.4 Å². The molecule has 1 saturated heterocycles. The van der Waals surface area contributed by atoms with Gasteiger partial charge in [-0.3, -0.25) is 15.0 Å². The summed E-state index contributed by atoms with van der Waals surface area (Å²) in [6.45, 7) is 2.69. The molecule has 0 spiro atoms. The van der Waals surface area contributed by atoms with Gasteiger partial charge in [-0.1, -0.05) is 11.6 Å². The molecule has 0 unspecified atom stereocenters. The summed E-state index contributed by atoms with van der Waals surface area (Å²) >= 11 is 5.90.